The number of hydrogen-bond donors (Lipinski definition) is 2. The lowest BCUT2D eigenvalue weighted by atomic mass is 10.1. The smallest absolute Gasteiger partial charge is 0.238 e. The van der Waals surface area contributed by atoms with Gasteiger partial charge in [0.15, 0.2) is 0 Å². The minimum absolute atomic E-state index is 0.0762. The van der Waals surface area contributed by atoms with Crippen molar-refractivity contribution in [1.29, 1.82) is 0 Å². The Morgan fingerprint density at radius 1 is 1.04 bits per heavy atom. The fourth-order valence-corrected chi connectivity index (χ4v) is 2.51. The molecular weight excluding hydrogens is 349 g/mol. The number of carbonyl (C=O) groups excluding carboxylic acids is 2. The van der Waals surface area contributed by atoms with Crippen molar-refractivity contribution in [1.82, 2.24) is 10.2 Å². The van der Waals surface area contributed by atoms with Crippen LogP contribution >= 0.6 is 0 Å². The van der Waals surface area contributed by atoms with Crippen LogP contribution in [-0.2, 0) is 16.0 Å². The molecule has 0 aliphatic carbocycles. The molecule has 6 nitrogen and oxygen atoms in total. The van der Waals surface area contributed by atoms with Gasteiger partial charge in [-0.2, -0.15) is 0 Å². The van der Waals surface area contributed by atoms with Gasteiger partial charge in [0.25, 0.3) is 0 Å². The summed E-state index contributed by atoms with van der Waals surface area (Å²) in [6, 6.07) is 13.5. The number of anilines is 1. The summed E-state index contributed by atoms with van der Waals surface area (Å²) in [6.07, 6.45) is 0.417. The summed E-state index contributed by atoms with van der Waals surface area (Å²) in [5, 5.41) is 5.49. The van der Waals surface area contributed by atoms with Gasteiger partial charge >= 0.3 is 0 Å². The number of rotatable bonds is 9. The highest BCUT2D eigenvalue weighted by atomic mass is 19.1. The molecule has 144 valence electrons. The number of benzene rings is 2. The van der Waals surface area contributed by atoms with Crippen LogP contribution in [0.4, 0.5) is 10.1 Å². The van der Waals surface area contributed by atoms with Crippen LogP contribution in [0.15, 0.2) is 48.5 Å². The van der Waals surface area contributed by atoms with E-state index >= 15 is 0 Å². The fourth-order valence-electron chi connectivity index (χ4n) is 2.51. The van der Waals surface area contributed by atoms with Crippen molar-refractivity contribution in [3.8, 4) is 5.75 Å². The van der Waals surface area contributed by atoms with Crippen molar-refractivity contribution in [3.63, 3.8) is 0 Å². The molecule has 2 amide bonds. The molecule has 0 fully saturated rings. The van der Waals surface area contributed by atoms with Crippen LogP contribution in [0.25, 0.3) is 0 Å². The second kappa shape index (κ2) is 10.3. The van der Waals surface area contributed by atoms with E-state index < -0.39 is 0 Å². The first-order valence-electron chi connectivity index (χ1n) is 8.60. The predicted octanol–water partition coefficient (Wildman–Crippen LogP) is 2.06. The molecule has 2 aromatic carbocycles. The zero-order valence-corrected chi connectivity index (χ0v) is 15.5. The highest BCUT2D eigenvalue weighted by Gasteiger charge is 2.11. The zero-order valence-electron chi connectivity index (χ0n) is 15.5. The molecule has 7 heteroatoms. The second-order valence-electron chi connectivity index (χ2n) is 6.14. The van der Waals surface area contributed by atoms with Crippen LogP contribution in [0.1, 0.15) is 5.56 Å². The molecule has 0 atom stereocenters. The van der Waals surface area contributed by atoms with Gasteiger partial charge in [0.1, 0.15) is 11.6 Å². The average Bonchev–Trinajstić information content (AvgIpc) is 2.63. The van der Waals surface area contributed by atoms with E-state index in [0.717, 1.165) is 0 Å². The molecule has 2 N–H and O–H groups in total. The SMILES string of the molecule is COc1ccc(NC(=O)CN(C)CC(=O)NCCc2ccccc2F)cc1. The molecule has 0 spiro atoms. The van der Waals surface area contributed by atoms with Gasteiger partial charge in [0, 0.05) is 12.2 Å². The molecule has 0 heterocycles. The third-order valence-electron chi connectivity index (χ3n) is 3.88. The summed E-state index contributed by atoms with van der Waals surface area (Å²) in [7, 11) is 3.26. The van der Waals surface area contributed by atoms with Gasteiger partial charge in [-0.3, -0.25) is 14.5 Å². The average molecular weight is 373 g/mol. The Morgan fingerprint density at radius 2 is 1.70 bits per heavy atom. The Bertz CT molecular complexity index is 765. The third kappa shape index (κ3) is 7.07. The molecule has 0 saturated heterocycles. The van der Waals surface area contributed by atoms with E-state index in [2.05, 4.69) is 10.6 Å². The van der Waals surface area contributed by atoms with Crippen LogP contribution in [0.5, 0.6) is 5.75 Å². The highest BCUT2D eigenvalue weighted by Crippen LogP contribution is 2.14. The Hall–Kier alpha value is -2.93. The van der Waals surface area contributed by atoms with Crippen LogP contribution in [0.3, 0.4) is 0 Å². The summed E-state index contributed by atoms with van der Waals surface area (Å²) in [5.74, 6) is -0.0100. The lowest BCUT2D eigenvalue weighted by Crippen LogP contribution is -2.39. The van der Waals surface area contributed by atoms with Gasteiger partial charge < -0.3 is 15.4 Å². The topological polar surface area (TPSA) is 70.7 Å². The summed E-state index contributed by atoms with van der Waals surface area (Å²) >= 11 is 0. The lowest BCUT2D eigenvalue weighted by molar-refractivity contribution is -0.122. The van der Waals surface area contributed by atoms with Crippen molar-refractivity contribution in [2.75, 3.05) is 39.1 Å². The Labute approximate surface area is 158 Å². The maximum Gasteiger partial charge on any atom is 0.238 e. The zero-order chi connectivity index (χ0) is 19.6. The summed E-state index contributed by atoms with van der Waals surface area (Å²) in [5.41, 5.74) is 1.22. The quantitative estimate of drug-likeness (QED) is 0.706. The van der Waals surface area contributed by atoms with E-state index in [9.17, 15) is 14.0 Å². The number of carbonyl (C=O) groups is 2. The van der Waals surface area contributed by atoms with Crippen molar-refractivity contribution in [2.24, 2.45) is 0 Å². The Kier molecular flexibility index (Phi) is 7.76. The van der Waals surface area contributed by atoms with E-state index in [1.54, 1.807) is 61.5 Å². The number of methoxy groups -OCH3 is 1. The summed E-state index contributed by atoms with van der Waals surface area (Å²) in [4.78, 5) is 25.6. The number of ether oxygens (including phenoxy) is 1. The molecule has 0 radical (unpaired) electrons. The maximum atomic E-state index is 13.5. The van der Waals surface area contributed by atoms with E-state index in [1.807, 2.05) is 0 Å². The van der Waals surface area contributed by atoms with Crippen molar-refractivity contribution in [3.05, 3.63) is 59.9 Å². The minimum Gasteiger partial charge on any atom is -0.497 e. The molecule has 2 aromatic rings. The van der Waals surface area contributed by atoms with Crippen LogP contribution < -0.4 is 15.4 Å². The van der Waals surface area contributed by atoms with Crippen LogP contribution in [0.2, 0.25) is 0 Å². The largest absolute Gasteiger partial charge is 0.497 e. The van der Waals surface area contributed by atoms with Crippen LogP contribution in [-0.4, -0.2) is 50.5 Å². The van der Waals surface area contributed by atoms with Gasteiger partial charge in [-0.05, 0) is 49.4 Å². The fraction of sp³-hybridized carbons (Fsp3) is 0.300. The standard InChI is InChI=1S/C20H24FN3O3/c1-24(14-20(26)23-16-7-9-17(27-2)10-8-16)13-19(25)22-12-11-15-5-3-4-6-18(15)21/h3-10H,11-14H2,1-2H3,(H,22,25)(H,23,26). The summed E-state index contributed by atoms with van der Waals surface area (Å²) in [6.45, 7) is 0.492. The first kappa shape index (κ1) is 20.4. The van der Waals surface area contributed by atoms with E-state index in [4.69, 9.17) is 4.74 Å². The molecule has 0 unspecified atom stereocenters. The first-order chi connectivity index (χ1) is 13.0. The first-order valence-corrected chi connectivity index (χ1v) is 8.60. The molecule has 0 aliphatic rings. The van der Waals surface area contributed by atoms with Gasteiger partial charge in [-0.1, -0.05) is 18.2 Å². The molecule has 27 heavy (non-hydrogen) atoms. The highest BCUT2D eigenvalue weighted by molar-refractivity contribution is 5.92. The maximum absolute atomic E-state index is 13.5. The van der Waals surface area contributed by atoms with Crippen molar-refractivity contribution in [2.45, 2.75) is 6.42 Å². The van der Waals surface area contributed by atoms with Crippen molar-refractivity contribution >= 4 is 17.5 Å². The number of hydrogen-bond acceptors (Lipinski definition) is 4. The predicted molar refractivity (Wildman–Crippen MR) is 102 cm³/mol. The summed E-state index contributed by atoms with van der Waals surface area (Å²) < 4.78 is 18.6. The molecule has 0 aromatic heterocycles. The van der Waals surface area contributed by atoms with Gasteiger partial charge in [0.2, 0.25) is 11.8 Å². The third-order valence-corrected chi connectivity index (χ3v) is 3.88. The molecular formula is C20H24FN3O3. The van der Waals surface area contributed by atoms with Gasteiger partial charge in [0.05, 0.1) is 20.2 Å². The normalized spacial score (nSPS) is 10.5. The van der Waals surface area contributed by atoms with E-state index in [0.29, 0.717) is 30.0 Å². The monoisotopic (exact) mass is 373 g/mol. The molecule has 2 rings (SSSR count). The number of halogens is 1. The van der Waals surface area contributed by atoms with Crippen molar-refractivity contribution < 1.29 is 18.7 Å². The number of likely N-dealkylation sites (N-methyl/N-ethyl adjacent to an activating group) is 1. The number of nitrogens with one attached hydrogen (secondary N) is 2. The van der Waals surface area contributed by atoms with Gasteiger partial charge in [-0.25, -0.2) is 4.39 Å². The Morgan fingerprint density at radius 3 is 2.37 bits per heavy atom. The number of amides is 2. The second-order valence-corrected chi connectivity index (χ2v) is 6.14. The van der Waals surface area contributed by atoms with Gasteiger partial charge in [-0.15, -0.1) is 0 Å². The van der Waals surface area contributed by atoms with E-state index in [1.165, 1.54) is 6.07 Å². The van der Waals surface area contributed by atoms with Crippen LogP contribution in [0, 0.1) is 5.82 Å². The molecule has 0 aliphatic heterocycles. The number of nitrogens with zero attached hydrogens (tertiary/aromatic N) is 1. The Balaban J connectivity index is 1.69. The molecule has 0 bridgehead atoms. The van der Waals surface area contributed by atoms with E-state index in [-0.39, 0.29) is 30.7 Å². The molecule has 0 saturated carbocycles. The minimum atomic E-state index is -0.279. The lowest BCUT2D eigenvalue weighted by Gasteiger charge is -2.16.